The number of benzene rings is 1. The number of alkyl halides is 3. The minimum absolute atomic E-state index is 0.337. The monoisotopic (exact) mass is 430 g/mol. The zero-order valence-corrected chi connectivity index (χ0v) is 16.6. The molecule has 0 aliphatic carbocycles. The SMILES string of the molecule is O=C(Nc1ccc(N2CCN(Cc3ccoc3)CC2)nc1)c1ccccc1C(F)(F)F. The fourth-order valence-corrected chi connectivity index (χ4v) is 3.55. The highest BCUT2D eigenvalue weighted by atomic mass is 19.4. The molecule has 0 bridgehead atoms. The van der Waals surface area contributed by atoms with Crippen LogP contribution in [-0.4, -0.2) is 42.0 Å². The fraction of sp³-hybridized carbons (Fsp3) is 0.273. The minimum atomic E-state index is -4.60. The summed E-state index contributed by atoms with van der Waals surface area (Å²) in [5.41, 5.74) is 0.0845. The Balaban J connectivity index is 1.35. The van der Waals surface area contributed by atoms with Gasteiger partial charge in [0.1, 0.15) is 5.82 Å². The topological polar surface area (TPSA) is 61.6 Å². The van der Waals surface area contributed by atoms with Crippen LogP contribution in [0.25, 0.3) is 0 Å². The van der Waals surface area contributed by atoms with Crippen LogP contribution in [0.5, 0.6) is 0 Å². The normalized spacial score (nSPS) is 15.1. The number of nitrogens with one attached hydrogen (secondary N) is 1. The number of amides is 1. The van der Waals surface area contributed by atoms with Crippen molar-refractivity contribution in [3.8, 4) is 0 Å². The van der Waals surface area contributed by atoms with Crippen LogP contribution in [0.1, 0.15) is 21.5 Å². The molecule has 162 valence electrons. The average Bonchev–Trinajstić information content (AvgIpc) is 3.27. The van der Waals surface area contributed by atoms with Gasteiger partial charge in [0.15, 0.2) is 0 Å². The summed E-state index contributed by atoms with van der Waals surface area (Å²) in [4.78, 5) is 21.2. The summed E-state index contributed by atoms with van der Waals surface area (Å²) in [5, 5.41) is 2.50. The van der Waals surface area contributed by atoms with Crippen molar-refractivity contribution in [2.24, 2.45) is 0 Å². The van der Waals surface area contributed by atoms with E-state index in [1.807, 2.05) is 6.07 Å². The molecule has 1 amide bonds. The van der Waals surface area contributed by atoms with Crippen molar-refractivity contribution in [1.29, 1.82) is 0 Å². The van der Waals surface area contributed by atoms with E-state index >= 15 is 0 Å². The molecule has 3 heterocycles. The zero-order chi connectivity index (χ0) is 21.8. The van der Waals surface area contributed by atoms with E-state index in [-0.39, 0.29) is 0 Å². The zero-order valence-electron chi connectivity index (χ0n) is 16.6. The molecule has 1 saturated heterocycles. The Labute approximate surface area is 177 Å². The number of piperazine rings is 1. The van der Waals surface area contributed by atoms with Crippen LogP contribution in [0.15, 0.2) is 65.6 Å². The lowest BCUT2D eigenvalue weighted by Crippen LogP contribution is -2.46. The molecular weight excluding hydrogens is 409 g/mol. The molecule has 1 fully saturated rings. The van der Waals surface area contributed by atoms with E-state index < -0.39 is 23.2 Å². The third kappa shape index (κ3) is 5.05. The van der Waals surface area contributed by atoms with Gasteiger partial charge in [-0.25, -0.2) is 4.98 Å². The van der Waals surface area contributed by atoms with Gasteiger partial charge in [0.25, 0.3) is 5.91 Å². The summed E-state index contributed by atoms with van der Waals surface area (Å²) in [6.45, 7) is 4.19. The highest BCUT2D eigenvalue weighted by Gasteiger charge is 2.34. The summed E-state index contributed by atoms with van der Waals surface area (Å²) in [7, 11) is 0. The van der Waals surface area contributed by atoms with Gasteiger partial charge < -0.3 is 14.6 Å². The molecule has 0 radical (unpaired) electrons. The van der Waals surface area contributed by atoms with Crippen LogP contribution in [0.3, 0.4) is 0 Å². The van der Waals surface area contributed by atoms with Crippen LogP contribution < -0.4 is 10.2 Å². The molecule has 1 aliphatic rings. The number of anilines is 2. The van der Waals surface area contributed by atoms with Crippen molar-refractivity contribution >= 4 is 17.4 Å². The molecule has 0 atom stereocenters. The number of pyridine rings is 1. The van der Waals surface area contributed by atoms with Crippen molar-refractivity contribution in [2.45, 2.75) is 12.7 Å². The lowest BCUT2D eigenvalue weighted by atomic mass is 10.1. The Kier molecular flexibility index (Phi) is 5.94. The van der Waals surface area contributed by atoms with Gasteiger partial charge in [-0.05, 0) is 30.3 Å². The van der Waals surface area contributed by atoms with Crippen LogP contribution in [0, 0.1) is 0 Å². The van der Waals surface area contributed by atoms with Gasteiger partial charge in [0.05, 0.1) is 35.5 Å². The first-order chi connectivity index (χ1) is 14.9. The van der Waals surface area contributed by atoms with Gasteiger partial charge in [-0.2, -0.15) is 13.2 Å². The van der Waals surface area contributed by atoms with Crippen LogP contribution in [-0.2, 0) is 12.7 Å². The van der Waals surface area contributed by atoms with E-state index in [4.69, 9.17) is 4.42 Å². The molecule has 1 N–H and O–H groups in total. The summed E-state index contributed by atoms with van der Waals surface area (Å²) in [6.07, 6.45) is 0.267. The molecule has 31 heavy (non-hydrogen) atoms. The van der Waals surface area contributed by atoms with Crippen LogP contribution >= 0.6 is 0 Å². The molecule has 9 heteroatoms. The molecule has 0 spiro atoms. The minimum Gasteiger partial charge on any atom is -0.472 e. The van der Waals surface area contributed by atoms with Crippen LogP contribution in [0.2, 0.25) is 0 Å². The third-order valence-corrected chi connectivity index (χ3v) is 5.17. The smallest absolute Gasteiger partial charge is 0.417 e. The summed E-state index contributed by atoms with van der Waals surface area (Å²) in [5.74, 6) is -0.0630. The molecule has 2 aromatic heterocycles. The van der Waals surface area contributed by atoms with Gasteiger partial charge in [0.2, 0.25) is 0 Å². The largest absolute Gasteiger partial charge is 0.472 e. The lowest BCUT2D eigenvalue weighted by Gasteiger charge is -2.35. The van der Waals surface area contributed by atoms with Gasteiger partial charge >= 0.3 is 6.18 Å². The first kappa shape index (κ1) is 20.9. The van der Waals surface area contributed by atoms with Crippen LogP contribution in [0.4, 0.5) is 24.7 Å². The number of hydrogen-bond donors (Lipinski definition) is 1. The summed E-state index contributed by atoms with van der Waals surface area (Å²) in [6, 6.07) is 10.1. The number of aromatic nitrogens is 1. The van der Waals surface area contributed by atoms with Crippen molar-refractivity contribution in [1.82, 2.24) is 9.88 Å². The maximum Gasteiger partial charge on any atom is 0.417 e. The van der Waals surface area contributed by atoms with E-state index in [0.29, 0.717) is 5.69 Å². The number of hydrogen-bond acceptors (Lipinski definition) is 5. The molecule has 3 aromatic rings. The number of rotatable bonds is 5. The Morgan fingerprint density at radius 2 is 1.84 bits per heavy atom. The average molecular weight is 430 g/mol. The van der Waals surface area contributed by atoms with Gasteiger partial charge in [-0.3, -0.25) is 9.69 Å². The second-order valence-electron chi connectivity index (χ2n) is 7.30. The van der Waals surface area contributed by atoms with E-state index in [9.17, 15) is 18.0 Å². The van der Waals surface area contributed by atoms with E-state index in [1.54, 1.807) is 24.7 Å². The Hall–Kier alpha value is -3.33. The second kappa shape index (κ2) is 8.81. The van der Waals surface area contributed by atoms with Gasteiger partial charge in [0, 0.05) is 38.3 Å². The molecule has 4 rings (SSSR count). The highest BCUT2D eigenvalue weighted by molar-refractivity contribution is 6.05. The second-order valence-corrected chi connectivity index (χ2v) is 7.30. The quantitative estimate of drug-likeness (QED) is 0.655. The Morgan fingerprint density at radius 3 is 2.48 bits per heavy atom. The predicted octanol–water partition coefficient (Wildman–Crippen LogP) is 4.27. The predicted molar refractivity (Wildman–Crippen MR) is 110 cm³/mol. The van der Waals surface area contributed by atoms with Crippen molar-refractivity contribution in [3.05, 3.63) is 77.9 Å². The number of carbonyl (C=O) groups excluding carboxylic acids is 1. The maximum absolute atomic E-state index is 13.1. The molecule has 0 unspecified atom stereocenters. The van der Waals surface area contributed by atoms with Gasteiger partial charge in [-0.15, -0.1) is 0 Å². The standard InChI is InChI=1S/C22H21F3N4O2/c23-22(24,25)19-4-2-1-3-18(19)21(30)27-17-5-6-20(26-13-17)29-10-8-28(9-11-29)14-16-7-12-31-15-16/h1-7,12-13,15H,8-11,14H2,(H,27,30). The summed E-state index contributed by atoms with van der Waals surface area (Å²) >= 11 is 0. The molecule has 1 aliphatic heterocycles. The first-order valence-corrected chi connectivity index (χ1v) is 9.82. The lowest BCUT2D eigenvalue weighted by molar-refractivity contribution is -0.137. The first-order valence-electron chi connectivity index (χ1n) is 9.82. The number of halogens is 3. The third-order valence-electron chi connectivity index (χ3n) is 5.17. The molecular formula is C22H21F3N4O2. The molecule has 6 nitrogen and oxygen atoms in total. The molecule has 1 aromatic carbocycles. The maximum atomic E-state index is 13.1. The van der Waals surface area contributed by atoms with E-state index in [1.165, 1.54) is 18.3 Å². The number of furan rings is 1. The Morgan fingerprint density at radius 1 is 1.06 bits per heavy atom. The van der Waals surface area contributed by atoms with Crippen molar-refractivity contribution in [3.63, 3.8) is 0 Å². The summed E-state index contributed by atoms with van der Waals surface area (Å²) < 4.78 is 44.5. The molecule has 0 saturated carbocycles. The highest BCUT2D eigenvalue weighted by Crippen LogP contribution is 2.32. The van der Waals surface area contributed by atoms with E-state index in [2.05, 4.69) is 20.1 Å². The van der Waals surface area contributed by atoms with Crippen molar-refractivity contribution < 1.29 is 22.4 Å². The number of carbonyl (C=O) groups is 1. The Bertz CT molecular complexity index is 1010. The number of nitrogens with zero attached hydrogens (tertiary/aromatic N) is 3. The van der Waals surface area contributed by atoms with Crippen molar-refractivity contribution in [2.75, 3.05) is 36.4 Å². The van der Waals surface area contributed by atoms with Gasteiger partial charge in [-0.1, -0.05) is 12.1 Å². The van der Waals surface area contributed by atoms with E-state index in [0.717, 1.165) is 56.2 Å². The fourth-order valence-electron chi connectivity index (χ4n) is 3.55.